The van der Waals surface area contributed by atoms with Gasteiger partial charge in [-0.25, -0.2) is 0 Å². The second-order valence-electron chi connectivity index (χ2n) is 36.1. The molecule has 4 bridgehead atoms. The van der Waals surface area contributed by atoms with Gasteiger partial charge in [-0.2, -0.15) is 0 Å². The number of hydrogen-bond donors (Lipinski definition) is 1. The second-order valence-corrected chi connectivity index (χ2v) is 36.1. The Balaban J connectivity index is 0.828. The van der Waals surface area contributed by atoms with Gasteiger partial charge in [0.2, 0.25) is 16.3 Å². The van der Waals surface area contributed by atoms with Crippen LogP contribution in [0.3, 0.4) is 0 Å². The van der Waals surface area contributed by atoms with Crippen molar-refractivity contribution in [3.05, 3.63) is 408 Å². The molecule has 0 aliphatic heterocycles. The summed E-state index contributed by atoms with van der Waals surface area (Å²) in [6.45, 7) is 6.27. The highest BCUT2D eigenvalue weighted by molar-refractivity contribution is 5.98. The molecule has 672 valence electrons. The van der Waals surface area contributed by atoms with E-state index in [9.17, 15) is 19.2 Å². The average Bonchev–Trinajstić information content (AvgIpc) is 0.683. The van der Waals surface area contributed by atoms with E-state index in [1.54, 1.807) is 32.3 Å². The lowest BCUT2D eigenvalue weighted by atomic mass is 9.33. The van der Waals surface area contributed by atoms with E-state index in [4.69, 9.17) is 47.4 Å². The molecule has 0 spiro atoms. The number of benzene rings is 9. The molecule has 3 heterocycles. The van der Waals surface area contributed by atoms with E-state index in [0.29, 0.717) is 44.9 Å². The monoisotopic (exact) mass is 1750 g/mol. The van der Waals surface area contributed by atoms with Gasteiger partial charge in [-0.15, -0.1) is 0 Å². The Morgan fingerprint density at radius 2 is 0.538 bits per heavy atom. The van der Waals surface area contributed by atoms with Gasteiger partial charge in [-0.3, -0.25) is 33.6 Å². The van der Waals surface area contributed by atoms with Crippen LogP contribution in [0.15, 0.2) is 324 Å². The number of amides is 1. The Bertz CT molecular complexity index is 5210. The standard InChI is InChI=1S/C109H114N4O17/c1-105(2,3)130-94(119)51-57-108-74-106(55-49-89(114)98-101(127-70-86-43-25-10-26-44-86)91(116)52-58-111(98)61-95(121-64-80-31-13-4-14-32-80)122-65-81-33-15-5-16-34-81)73-107(75-108,56-50-90(115)99-102(128-71-87-45-27-11-28-46-87)92(117)53-59-112(99)62-96(123-66-82-35-17-6-18-36-82)124-67-83-37-19-7-20-38-83)77-109(76-106,78-108)79-110-104(120)100-103(129-72-88-47-29-12-30-48-88)93(118)54-60-113(100)63-97(125-68-84-39-21-8-22-40-84)126-69-85-41-23-9-24-42-85/h4-48,52-54,58-60,95-97H,49-51,55-57,61-79H2,1-3H3,(H,110,120)/t106-,107+,108-,109-. The van der Waals surface area contributed by atoms with Gasteiger partial charge in [0.1, 0.15) is 36.8 Å². The first kappa shape index (κ1) is 92.0. The summed E-state index contributed by atoms with van der Waals surface area (Å²) in [6.07, 6.45) is 5.50. The zero-order chi connectivity index (χ0) is 90.2. The first-order chi connectivity index (χ1) is 63.2. The molecule has 12 aromatic rings. The van der Waals surface area contributed by atoms with Crippen molar-refractivity contribution in [2.45, 2.75) is 201 Å². The Morgan fingerprint density at radius 1 is 0.308 bits per heavy atom. The number of carbonyl (C=O) groups excluding carboxylic acids is 4. The molecule has 0 unspecified atom stereocenters. The molecule has 130 heavy (non-hydrogen) atoms. The molecule has 1 N–H and O–H groups in total. The van der Waals surface area contributed by atoms with E-state index >= 15 is 14.4 Å². The van der Waals surface area contributed by atoms with Crippen LogP contribution in [0.1, 0.15) is 179 Å². The van der Waals surface area contributed by atoms with Crippen LogP contribution in [-0.2, 0) is 117 Å². The molecule has 9 aromatic carbocycles. The zero-order valence-corrected chi connectivity index (χ0v) is 74.1. The zero-order valence-electron chi connectivity index (χ0n) is 74.1. The van der Waals surface area contributed by atoms with Gasteiger partial charge in [0.25, 0.3) is 5.91 Å². The first-order valence-corrected chi connectivity index (χ1v) is 44.9. The third-order valence-corrected chi connectivity index (χ3v) is 24.7. The van der Waals surface area contributed by atoms with Crippen LogP contribution in [0.25, 0.3) is 0 Å². The van der Waals surface area contributed by atoms with Gasteiger partial charge in [0.15, 0.2) is 53.4 Å². The fourth-order valence-electron chi connectivity index (χ4n) is 19.7. The molecule has 21 heteroatoms. The van der Waals surface area contributed by atoms with Crippen LogP contribution < -0.4 is 35.8 Å². The quantitative estimate of drug-likeness (QED) is 0.0212. The normalized spacial score (nSPS) is 17.4. The lowest BCUT2D eigenvalue weighted by Gasteiger charge is -2.71. The average molecular weight is 1750 g/mol. The predicted molar refractivity (Wildman–Crippen MR) is 495 cm³/mol. The number of Topliss-reactive ketones (excluding diaryl/α,β-unsaturated/α-hetero) is 2. The van der Waals surface area contributed by atoms with Crippen LogP contribution in [0.2, 0.25) is 0 Å². The SMILES string of the molecule is CC(C)(C)OC(=O)CC[C@@]12C[C@@]3(CCC(=O)c4c(OCc5ccccc5)c(=O)ccn4CC(OCc4ccccc4)OCc4ccccc4)C[C@@](CCC(=O)c4c(OCc5ccccc5)c(=O)ccn4CC(OCc4ccccc4)OCc4ccccc4)(C1)C[C@@](CNC(=O)c1c(OCc4ccccc4)c(=O)ccn1CC(OCc1ccccc1)OCc1ccccc1)(C2)C3. The minimum atomic E-state index is -0.978. The Hall–Kier alpha value is -12.7. The van der Waals surface area contributed by atoms with E-state index in [-0.39, 0.29) is 164 Å². The lowest BCUT2D eigenvalue weighted by Crippen LogP contribution is -2.63. The number of rotatable bonds is 47. The highest BCUT2D eigenvalue weighted by atomic mass is 16.7. The molecule has 3 aromatic heterocycles. The number of nitrogens with one attached hydrogen (secondary N) is 1. The van der Waals surface area contributed by atoms with Crippen molar-refractivity contribution >= 4 is 23.4 Å². The Kier molecular flexibility index (Phi) is 30.8. The topological polar surface area (TPSA) is 239 Å². The number of ether oxygens (including phenoxy) is 10. The number of ketones is 2. The number of nitrogens with zero attached hydrogens (tertiary/aromatic N) is 3. The molecule has 4 atom stereocenters. The highest BCUT2D eigenvalue weighted by Gasteiger charge is 2.67. The van der Waals surface area contributed by atoms with E-state index < -0.39 is 74.3 Å². The largest absolute Gasteiger partial charge is 0.483 e. The van der Waals surface area contributed by atoms with E-state index in [1.807, 2.05) is 294 Å². The van der Waals surface area contributed by atoms with Crippen LogP contribution in [0, 0.1) is 21.7 Å². The van der Waals surface area contributed by atoms with E-state index in [1.165, 1.54) is 18.2 Å². The summed E-state index contributed by atoms with van der Waals surface area (Å²) in [5, 5.41) is 3.45. The maximum Gasteiger partial charge on any atom is 0.306 e. The molecule has 4 aliphatic carbocycles. The molecule has 16 rings (SSSR count). The van der Waals surface area contributed by atoms with Gasteiger partial charge in [-0.05, 0) is 150 Å². The van der Waals surface area contributed by atoms with Crippen molar-refractivity contribution in [2.75, 3.05) is 6.54 Å². The maximum absolute atomic E-state index is 16.5. The molecule has 4 aliphatic rings. The fourth-order valence-corrected chi connectivity index (χ4v) is 19.7. The molecule has 4 saturated carbocycles. The molecule has 21 nitrogen and oxygen atoms in total. The summed E-state index contributed by atoms with van der Waals surface area (Å²) in [5.41, 5.74) is 2.13. The lowest BCUT2D eigenvalue weighted by molar-refractivity contribution is -0.208. The predicted octanol–water partition coefficient (Wildman–Crippen LogP) is 19.7. The summed E-state index contributed by atoms with van der Waals surface area (Å²) in [4.78, 5) is 108. The summed E-state index contributed by atoms with van der Waals surface area (Å²) < 4.78 is 70.9. The summed E-state index contributed by atoms with van der Waals surface area (Å²) >= 11 is 0. The number of esters is 1. The molecular formula is C109H114N4O17. The summed E-state index contributed by atoms with van der Waals surface area (Å²) in [6, 6.07) is 90.6. The number of pyridine rings is 3. The van der Waals surface area contributed by atoms with Crippen molar-refractivity contribution in [1.82, 2.24) is 19.0 Å². The van der Waals surface area contributed by atoms with Gasteiger partial charge in [0.05, 0.1) is 59.3 Å². The van der Waals surface area contributed by atoms with Crippen molar-refractivity contribution < 1.29 is 66.5 Å². The molecule has 4 fully saturated rings. The highest BCUT2D eigenvalue weighted by Crippen LogP contribution is 2.77. The number of hydrogen-bond acceptors (Lipinski definition) is 17. The smallest absolute Gasteiger partial charge is 0.306 e. The van der Waals surface area contributed by atoms with Crippen LogP contribution in [-0.4, -0.2) is 68.2 Å². The van der Waals surface area contributed by atoms with Gasteiger partial charge >= 0.3 is 5.97 Å². The van der Waals surface area contributed by atoms with Gasteiger partial charge in [-0.1, -0.05) is 273 Å². The van der Waals surface area contributed by atoms with Gasteiger partial charge in [0, 0.05) is 62.6 Å². The molecular weight excluding hydrogens is 1640 g/mol. The van der Waals surface area contributed by atoms with Gasteiger partial charge < -0.3 is 66.4 Å². The minimum Gasteiger partial charge on any atom is -0.483 e. The molecule has 0 radical (unpaired) electrons. The van der Waals surface area contributed by atoms with Crippen LogP contribution in [0.5, 0.6) is 17.2 Å². The maximum atomic E-state index is 16.5. The second kappa shape index (κ2) is 43.6. The number of aromatic nitrogens is 3. The first-order valence-electron chi connectivity index (χ1n) is 44.9. The van der Waals surface area contributed by atoms with Crippen molar-refractivity contribution in [2.24, 2.45) is 21.7 Å². The van der Waals surface area contributed by atoms with Crippen LogP contribution in [0.4, 0.5) is 0 Å². The summed E-state index contributed by atoms with van der Waals surface area (Å²) in [7, 11) is 0. The number of carbonyl (C=O) groups is 4. The Morgan fingerprint density at radius 3 is 0.800 bits per heavy atom. The van der Waals surface area contributed by atoms with Crippen molar-refractivity contribution in [1.29, 1.82) is 0 Å². The molecule has 0 saturated heterocycles. The third-order valence-electron chi connectivity index (χ3n) is 24.7. The third kappa shape index (κ3) is 25.2. The minimum absolute atomic E-state index is 0.0250. The van der Waals surface area contributed by atoms with Crippen molar-refractivity contribution in [3.63, 3.8) is 0 Å². The fraction of sp³-hybridized carbons (Fsp3) is 0.330. The Labute approximate surface area is 759 Å². The molecule has 1 amide bonds. The van der Waals surface area contributed by atoms with E-state index in [0.717, 1.165) is 50.1 Å². The van der Waals surface area contributed by atoms with Crippen LogP contribution >= 0.6 is 0 Å². The van der Waals surface area contributed by atoms with Crippen molar-refractivity contribution in [3.8, 4) is 17.2 Å². The van der Waals surface area contributed by atoms with E-state index in [2.05, 4.69) is 5.32 Å². The summed E-state index contributed by atoms with van der Waals surface area (Å²) in [5.74, 6) is -2.25.